The van der Waals surface area contributed by atoms with Crippen LogP contribution in [0.15, 0.2) is 29.3 Å². The fraction of sp³-hybridized carbons (Fsp3) is 0.296. The van der Waals surface area contributed by atoms with Gasteiger partial charge in [-0.2, -0.15) is 15.2 Å². The zero-order valence-corrected chi connectivity index (χ0v) is 22.5. The van der Waals surface area contributed by atoms with Crippen molar-refractivity contribution in [1.29, 1.82) is 5.26 Å². The average Bonchev–Trinajstić information content (AvgIpc) is 3.75. The molecule has 6 rings (SSSR count). The highest BCUT2D eigenvalue weighted by molar-refractivity contribution is 7.23. The van der Waals surface area contributed by atoms with Crippen molar-refractivity contribution in [2.24, 2.45) is 0 Å². The molecule has 1 amide bonds. The van der Waals surface area contributed by atoms with Crippen LogP contribution in [-0.4, -0.2) is 58.6 Å². The SMILES string of the molecule is C=C(F)C(=O)N1CCN(c2nc(OC)nc3c(F)c(-c4ccc(F)c5sc(N)c(C#N)c45)n(C4CC4)c(=O)c23)CC1. The number of thiophene rings is 1. The number of hydrogen-bond donors (Lipinski definition) is 1. The van der Waals surface area contributed by atoms with Crippen LogP contribution in [-0.2, 0) is 4.79 Å². The van der Waals surface area contributed by atoms with Crippen molar-refractivity contribution in [2.45, 2.75) is 18.9 Å². The van der Waals surface area contributed by atoms with Crippen molar-refractivity contribution < 1.29 is 22.7 Å². The van der Waals surface area contributed by atoms with Crippen molar-refractivity contribution in [1.82, 2.24) is 19.4 Å². The molecular weight excluding hydrogens is 559 g/mol. The highest BCUT2D eigenvalue weighted by atomic mass is 32.1. The molecule has 210 valence electrons. The van der Waals surface area contributed by atoms with Gasteiger partial charge in [0.15, 0.2) is 11.6 Å². The molecule has 0 radical (unpaired) electrons. The third-order valence-electron chi connectivity index (χ3n) is 7.34. The van der Waals surface area contributed by atoms with Crippen molar-refractivity contribution >= 4 is 49.1 Å². The van der Waals surface area contributed by atoms with Crippen LogP contribution in [0.25, 0.3) is 32.2 Å². The maximum Gasteiger partial charge on any atom is 0.318 e. The van der Waals surface area contributed by atoms with Crippen LogP contribution in [0.2, 0.25) is 0 Å². The largest absolute Gasteiger partial charge is 0.467 e. The van der Waals surface area contributed by atoms with Gasteiger partial charge in [0.05, 0.1) is 23.1 Å². The van der Waals surface area contributed by atoms with E-state index in [0.29, 0.717) is 12.8 Å². The minimum atomic E-state index is -1.07. The Hall–Kier alpha value is -4.64. The first-order chi connectivity index (χ1) is 19.7. The Morgan fingerprint density at radius 2 is 1.90 bits per heavy atom. The standard InChI is InChI=1S/C27H22F3N7O3S/c1-12(28)25(38)36-9-7-35(8-10-36)24-18-20(33-27(34-24)40-2)19(30)21(37(26(18)39)13-3-4-13)14-5-6-16(29)22-17(14)15(11-31)23(32)41-22/h5-6,13H,1,3-4,7-10,32H2,2H3. The van der Waals surface area contributed by atoms with Crippen molar-refractivity contribution in [3.8, 4) is 23.3 Å². The molecule has 1 aliphatic heterocycles. The summed E-state index contributed by atoms with van der Waals surface area (Å²) in [6.45, 7) is 3.66. The number of methoxy groups -OCH3 is 1. The molecule has 0 unspecified atom stereocenters. The van der Waals surface area contributed by atoms with Gasteiger partial charge in [-0.1, -0.05) is 6.58 Å². The van der Waals surface area contributed by atoms with Gasteiger partial charge in [0.2, 0.25) is 0 Å². The summed E-state index contributed by atoms with van der Waals surface area (Å²) in [6, 6.07) is 3.94. The zero-order chi connectivity index (χ0) is 29.2. The van der Waals surface area contributed by atoms with Gasteiger partial charge in [-0.05, 0) is 25.0 Å². The van der Waals surface area contributed by atoms with Crippen LogP contribution in [0, 0.1) is 23.0 Å². The van der Waals surface area contributed by atoms with Crippen LogP contribution in [0.1, 0.15) is 24.4 Å². The zero-order valence-electron chi connectivity index (χ0n) is 21.7. The van der Waals surface area contributed by atoms with Crippen LogP contribution < -0.4 is 20.9 Å². The Kier molecular flexibility index (Phi) is 6.33. The predicted octanol–water partition coefficient (Wildman–Crippen LogP) is 3.88. The monoisotopic (exact) mass is 581 g/mol. The van der Waals surface area contributed by atoms with E-state index in [9.17, 15) is 23.6 Å². The number of rotatable bonds is 5. The lowest BCUT2D eigenvalue weighted by Crippen LogP contribution is -2.49. The van der Waals surface area contributed by atoms with E-state index in [1.165, 1.54) is 22.6 Å². The van der Waals surface area contributed by atoms with E-state index < -0.39 is 28.9 Å². The van der Waals surface area contributed by atoms with Crippen LogP contribution >= 0.6 is 11.3 Å². The van der Waals surface area contributed by atoms with Gasteiger partial charge in [-0.25, -0.2) is 13.2 Å². The number of hydrogen-bond acceptors (Lipinski definition) is 9. The predicted molar refractivity (Wildman–Crippen MR) is 148 cm³/mol. The molecule has 2 fully saturated rings. The van der Waals surface area contributed by atoms with Gasteiger partial charge in [0, 0.05) is 43.2 Å². The summed E-state index contributed by atoms with van der Waals surface area (Å²) >= 11 is 0.875. The molecule has 14 heteroatoms. The third kappa shape index (κ3) is 4.15. The number of halogens is 3. The van der Waals surface area contributed by atoms with Crippen molar-refractivity contribution in [3.63, 3.8) is 0 Å². The van der Waals surface area contributed by atoms with E-state index in [2.05, 4.69) is 16.5 Å². The van der Waals surface area contributed by atoms with E-state index in [-0.39, 0.29) is 86.9 Å². The molecule has 4 aromatic rings. The number of fused-ring (bicyclic) bond motifs is 2. The lowest BCUT2D eigenvalue weighted by molar-refractivity contribution is -0.128. The molecule has 0 atom stereocenters. The number of carbonyl (C=O) groups is 1. The molecular formula is C27H22F3N7O3S. The molecule has 0 bridgehead atoms. The van der Waals surface area contributed by atoms with Crippen molar-refractivity contribution in [3.05, 3.63) is 52.1 Å². The fourth-order valence-corrected chi connectivity index (χ4v) is 6.21. The number of carbonyl (C=O) groups excluding carboxylic acids is 1. The first kappa shape index (κ1) is 26.6. The van der Waals surface area contributed by atoms with Gasteiger partial charge in [-0.15, -0.1) is 11.3 Å². The summed E-state index contributed by atoms with van der Waals surface area (Å²) in [4.78, 5) is 37.8. The number of nitrogens with zero attached hydrogens (tertiary/aromatic N) is 6. The van der Waals surface area contributed by atoms with Crippen LogP contribution in [0.5, 0.6) is 6.01 Å². The number of nitriles is 1. The van der Waals surface area contributed by atoms with E-state index in [0.717, 1.165) is 17.4 Å². The smallest absolute Gasteiger partial charge is 0.318 e. The Balaban J connectivity index is 1.61. The number of benzene rings is 1. The van der Waals surface area contributed by atoms with Crippen LogP contribution in [0.4, 0.5) is 24.0 Å². The van der Waals surface area contributed by atoms with Gasteiger partial charge in [-0.3, -0.25) is 9.59 Å². The maximum absolute atomic E-state index is 16.7. The minimum absolute atomic E-state index is 0.00173. The lowest BCUT2D eigenvalue weighted by atomic mass is 10.0. The second-order valence-corrected chi connectivity index (χ2v) is 10.8. The van der Waals surface area contributed by atoms with E-state index in [4.69, 9.17) is 10.5 Å². The molecule has 41 heavy (non-hydrogen) atoms. The molecule has 0 spiro atoms. The molecule has 10 nitrogen and oxygen atoms in total. The van der Waals surface area contributed by atoms with Gasteiger partial charge < -0.3 is 24.8 Å². The fourth-order valence-electron chi connectivity index (χ4n) is 5.26. The Morgan fingerprint density at radius 1 is 1.20 bits per heavy atom. The molecule has 1 saturated carbocycles. The second kappa shape index (κ2) is 9.77. The number of pyridine rings is 1. The molecule has 2 N–H and O–H groups in total. The third-order valence-corrected chi connectivity index (χ3v) is 8.36. The highest BCUT2D eigenvalue weighted by Gasteiger charge is 2.35. The normalized spacial score (nSPS) is 15.4. The Bertz CT molecular complexity index is 1890. The topological polar surface area (TPSA) is 130 Å². The summed E-state index contributed by atoms with van der Waals surface area (Å²) in [5.41, 5.74) is 5.15. The number of nitrogen functional groups attached to an aromatic ring is 1. The number of ether oxygens (including phenoxy) is 1. The molecule has 4 heterocycles. The maximum atomic E-state index is 16.7. The van der Waals surface area contributed by atoms with Gasteiger partial charge in [0.1, 0.15) is 33.6 Å². The number of aromatic nitrogens is 3. The van der Waals surface area contributed by atoms with E-state index in [1.54, 1.807) is 4.90 Å². The number of anilines is 2. The van der Waals surface area contributed by atoms with Crippen LogP contribution in [0.3, 0.4) is 0 Å². The van der Waals surface area contributed by atoms with E-state index in [1.807, 2.05) is 6.07 Å². The molecule has 1 saturated heterocycles. The number of piperazine rings is 1. The average molecular weight is 582 g/mol. The molecule has 1 aliphatic carbocycles. The van der Waals surface area contributed by atoms with Crippen molar-refractivity contribution in [2.75, 3.05) is 43.9 Å². The van der Waals surface area contributed by atoms with Gasteiger partial charge in [0.25, 0.3) is 11.5 Å². The Morgan fingerprint density at radius 3 is 2.51 bits per heavy atom. The molecule has 2 aliphatic rings. The Labute approximate surface area is 234 Å². The number of nitrogens with two attached hydrogens (primary N) is 1. The summed E-state index contributed by atoms with van der Waals surface area (Å²) in [5, 5.41) is 9.90. The molecule has 1 aromatic carbocycles. The summed E-state index contributed by atoms with van der Waals surface area (Å²) in [7, 11) is 1.30. The summed E-state index contributed by atoms with van der Waals surface area (Å²) in [5.74, 6) is -3.26. The summed E-state index contributed by atoms with van der Waals surface area (Å²) < 4.78 is 51.6. The second-order valence-electron chi connectivity index (χ2n) is 9.76. The lowest BCUT2D eigenvalue weighted by Gasteiger charge is -2.35. The minimum Gasteiger partial charge on any atom is -0.467 e. The first-order valence-corrected chi connectivity index (χ1v) is 13.5. The molecule has 3 aromatic heterocycles. The van der Waals surface area contributed by atoms with E-state index >= 15 is 4.39 Å². The highest BCUT2D eigenvalue weighted by Crippen LogP contribution is 2.45. The van der Waals surface area contributed by atoms with Gasteiger partial charge >= 0.3 is 6.01 Å². The summed E-state index contributed by atoms with van der Waals surface area (Å²) in [6.07, 6.45) is 1.22. The number of amides is 1. The quantitative estimate of drug-likeness (QED) is 0.352. The first-order valence-electron chi connectivity index (χ1n) is 12.7.